The molecule has 4 rings (SSSR count). The summed E-state index contributed by atoms with van der Waals surface area (Å²) >= 11 is 0. The van der Waals surface area contributed by atoms with Gasteiger partial charge < -0.3 is 10.2 Å². The second-order valence-electron chi connectivity index (χ2n) is 6.96. The Morgan fingerprint density at radius 3 is 2.90 bits per heavy atom. The molecule has 0 radical (unpaired) electrons. The van der Waals surface area contributed by atoms with Gasteiger partial charge in [-0.25, -0.2) is 4.79 Å². The van der Waals surface area contributed by atoms with E-state index in [1.807, 2.05) is 30.3 Å². The van der Waals surface area contributed by atoms with E-state index < -0.39 is 6.04 Å². The Balaban J connectivity index is 1.68. The Bertz CT molecular complexity index is 997. The molecule has 2 aliphatic rings. The maximum absolute atomic E-state index is 13.2. The summed E-state index contributed by atoms with van der Waals surface area (Å²) in [5.74, 6) is 0.651. The van der Waals surface area contributed by atoms with Gasteiger partial charge in [0, 0.05) is 37.7 Å². The molecule has 0 unspecified atom stereocenters. The van der Waals surface area contributed by atoms with Crippen LogP contribution in [-0.4, -0.2) is 58.8 Å². The summed E-state index contributed by atoms with van der Waals surface area (Å²) in [5.41, 5.74) is 11.3. The van der Waals surface area contributed by atoms with E-state index in [4.69, 9.17) is 10.4 Å². The monoisotopic (exact) mass is 409 g/mol. The number of hydrogen-bond donors (Lipinski definition) is 1. The van der Waals surface area contributed by atoms with Crippen molar-refractivity contribution in [3.8, 4) is 0 Å². The number of aromatic nitrogens is 2. The lowest BCUT2D eigenvalue weighted by Gasteiger charge is -2.32. The number of rotatable bonds is 7. The van der Waals surface area contributed by atoms with E-state index in [2.05, 4.69) is 25.4 Å². The summed E-state index contributed by atoms with van der Waals surface area (Å²) in [6.45, 7) is 1.45. The number of azide groups is 1. The Morgan fingerprint density at radius 1 is 1.40 bits per heavy atom. The van der Waals surface area contributed by atoms with Crippen molar-refractivity contribution in [2.24, 2.45) is 10.1 Å². The predicted molar refractivity (Wildman–Crippen MR) is 109 cm³/mol. The van der Waals surface area contributed by atoms with E-state index >= 15 is 0 Å². The lowest BCUT2D eigenvalue weighted by atomic mass is 9.97. The van der Waals surface area contributed by atoms with Gasteiger partial charge in [0.2, 0.25) is 0 Å². The zero-order valence-electron chi connectivity index (χ0n) is 16.8. The summed E-state index contributed by atoms with van der Waals surface area (Å²) in [6, 6.07) is 8.82. The van der Waals surface area contributed by atoms with E-state index in [-0.39, 0.29) is 18.6 Å². The Hall–Kier alpha value is -3.56. The van der Waals surface area contributed by atoms with Gasteiger partial charge in [-0.2, -0.15) is 10.2 Å². The molecule has 2 aromatic rings. The lowest BCUT2D eigenvalue weighted by molar-refractivity contribution is -0.141. The molecule has 0 aliphatic carbocycles. The Kier molecular flexibility index (Phi) is 5.55. The largest absolute Gasteiger partial charge is 0.375 e. The highest BCUT2D eigenvalue weighted by Crippen LogP contribution is 2.44. The zero-order valence-corrected chi connectivity index (χ0v) is 16.8. The Morgan fingerprint density at radius 2 is 2.20 bits per heavy atom. The second-order valence-corrected chi connectivity index (χ2v) is 6.96. The van der Waals surface area contributed by atoms with E-state index in [9.17, 15) is 4.79 Å². The molecule has 1 N–H and O–H groups in total. The maximum Gasteiger partial charge on any atom is 0.345 e. The van der Waals surface area contributed by atoms with Crippen LogP contribution in [0.3, 0.4) is 0 Å². The molecule has 1 aromatic heterocycles. The van der Waals surface area contributed by atoms with Crippen molar-refractivity contribution in [3.63, 3.8) is 0 Å². The average Bonchev–Trinajstić information content (AvgIpc) is 3.31. The van der Waals surface area contributed by atoms with Crippen LogP contribution in [0.4, 0.5) is 4.79 Å². The molecule has 1 saturated heterocycles. The van der Waals surface area contributed by atoms with Gasteiger partial charge in [0.05, 0.1) is 18.4 Å². The number of benzene rings is 1. The summed E-state index contributed by atoms with van der Waals surface area (Å²) in [6.07, 6.45) is 1.76. The smallest absolute Gasteiger partial charge is 0.345 e. The van der Waals surface area contributed by atoms with E-state index in [1.54, 1.807) is 29.9 Å². The number of urea groups is 1. The van der Waals surface area contributed by atoms with E-state index in [1.165, 1.54) is 5.06 Å². The minimum atomic E-state index is -0.419. The molecule has 11 nitrogen and oxygen atoms in total. The minimum absolute atomic E-state index is 0.213. The quantitative estimate of drug-likeness (QED) is 0.248. The van der Waals surface area contributed by atoms with Gasteiger partial charge >= 0.3 is 6.03 Å². The van der Waals surface area contributed by atoms with Crippen LogP contribution in [0.1, 0.15) is 28.9 Å². The molecule has 0 saturated carbocycles. The van der Waals surface area contributed by atoms with Crippen molar-refractivity contribution in [2.45, 2.75) is 25.2 Å². The number of amides is 2. The van der Waals surface area contributed by atoms with Crippen LogP contribution in [0.15, 0.2) is 46.6 Å². The first kappa shape index (κ1) is 19.7. The van der Waals surface area contributed by atoms with Crippen LogP contribution in [0.5, 0.6) is 0 Å². The van der Waals surface area contributed by atoms with Gasteiger partial charge in [0.15, 0.2) is 0 Å². The molecule has 2 amide bonds. The third kappa shape index (κ3) is 3.34. The number of nitrogens with zero attached hydrogens (tertiary/aromatic N) is 8. The minimum Gasteiger partial charge on any atom is -0.375 e. The van der Waals surface area contributed by atoms with Crippen LogP contribution in [-0.2, 0) is 18.0 Å². The average molecular weight is 409 g/mol. The van der Waals surface area contributed by atoms with Gasteiger partial charge in [-0.15, -0.1) is 0 Å². The number of carbonyl (C=O) groups is 1. The third-order valence-electron chi connectivity index (χ3n) is 5.37. The van der Waals surface area contributed by atoms with Crippen LogP contribution >= 0.6 is 0 Å². The highest BCUT2D eigenvalue weighted by molar-refractivity contribution is 5.93. The fraction of sp³-hybridized carbons (Fsp3) is 0.421. The fourth-order valence-corrected chi connectivity index (χ4v) is 4.03. The molecule has 30 heavy (non-hydrogen) atoms. The topological polar surface area (TPSA) is 124 Å². The van der Waals surface area contributed by atoms with Gasteiger partial charge in [-0.3, -0.25) is 14.5 Å². The summed E-state index contributed by atoms with van der Waals surface area (Å²) in [4.78, 5) is 28.1. The van der Waals surface area contributed by atoms with E-state index in [0.717, 1.165) is 16.8 Å². The highest BCUT2D eigenvalue weighted by atomic mass is 16.7. The summed E-state index contributed by atoms with van der Waals surface area (Å²) < 4.78 is 1.78. The molecule has 2 bridgehead atoms. The summed E-state index contributed by atoms with van der Waals surface area (Å²) in [5, 5.41) is 12.6. The van der Waals surface area contributed by atoms with Gasteiger partial charge in [-0.1, -0.05) is 35.4 Å². The number of likely N-dealkylation sites (N-methyl/N-ethyl adjacent to an activating group) is 1. The Labute approximate surface area is 173 Å². The number of aliphatic imine (C=N–C) groups is 1. The van der Waals surface area contributed by atoms with Gasteiger partial charge in [0.1, 0.15) is 24.5 Å². The molecule has 0 spiro atoms. The number of hydroxylamine groups is 2. The normalized spacial score (nSPS) is 20.2. The molecule has 2 aliphatic heterocycles. The van der Waals surface area contributed by atoms with Crippen LogP contribution in [0.25, 0.3) is 10.4 Å². The SMILES string of the molecule is CN=C(NC)[C@@H]1c2c(cnn2CCN=[N+]=[N-])[C@@H]2CN1C(=O)N2OCc1ccccc1. The molecule has 156 valence electrons. The first-order chi connectivity index (χ1) is 14.7. The van der Waals surface area contributed by atoms with Crippen molar-refractivity contribution < 1.29 is 9.63 Å². The maximum atomic E-state index is 13.2. The first-order valence-corrected chi connectivity index (χ1v) is 9.67. The zero-order chi connectivity index (χ0) is 21.1. The third-order valence-corrected chi connectivity index (χ3v) is 5.37. The highest BCUT2D eigenvalue weighted by Gasteiger charge is 2.51. The number of nitrogens with one attached hydrogen (secondary N) is 1. The number of amidine groups is 1. The van der Waals surface area contributed by atoms with Crippen molar-refractivity contribution >= 4 is 11.9 Å². The van der Waals surface area contributed by atoms with Crippen LogP contribution in [0, 0.1) is 0 Å². The van der Waals surface area contributed by atoms with Crippen molar-refractivity contribution in [3.05, 3.63) is 63.8 Å². The summed E-state index contributed by atoms with van der Waals surface area (Å²) in [7, 11) is 3.46. The fourth-order valence-electron chi connectivity index (χ4n) is 4.03. The first-order valence-electron chi connectivity index (χ1n) is 9.67. The molecule has 11 heteroatoms. The van der Waals surface area contributed by atoms with Gasteiger partial charge in [-0.05, 0) is 11.1 Å². The van der Waals surface area contributed by atoms with E-state index in [0.29, 0.717) is 25.5 Å². The number of hydrogen-bond acceptors (Lipinski definition) is 5. The molecule has 1 fully saturated rings. The number of carbonyl (C=O) groups excluding carboxylic acids is 1. The molecule has 1 aromatic carbocycles. The number of fused-ring (bicyclic) bond motifs is 4. The van der Waals surface area contributed by atoms with Crippen molar-refractivity contribution in [1.29, 1.82) is 0 Å². The van der Waals surface area contributed by atoms with Gasteiger partial charge in [0.25, 0.3) is 0 Å². The lowest BCUT2D eigenvalue weighted by Crippen LogP contribution is -2.43. The van der Waals surface area contributed by atoms with Crippen molar-refractivity contribution in [1.82, 2.24) is 25.1 Å². The predicted octanol–water partition coefficient (Wildman–Crippen LogP) is 2.41. The molecule has 2 atom stereocenters. The van der Waals surface area contributed by atoms with Crippen molar-refractivity contribution in [2.75, 3.05) is 27.2 Å². The van der Waals surface area contributed by atoms with Crippen LogP contribution in [0.2, 0.25) is 0 Å². The molecular weight excluding hydrogens is 386 g/mol. The standard InChI is InChI=1S/C19H23N9O2/c1-21-18(22-2)17-16-14(10-24-27(16)9-8-23-25-20)15-11-26(17)19(29)28(15)30-12-13-6-4-3-5-7-13/h3-7,10,15,17H,8-9,11-12H2,1-2H3,(H,21,22)/t15-,17-/m0/s1. The van der Waals surface area contributed by atoms with Crippen LogP contribution < -0.4 is 5.32 Å². The molecular formula is C19H23N9O2. The second kappa shape index (κ2) is 8.44. The molecule has 3 heterocycles.